The minimum absolute atomic E-state index is 0.00173. The van der Waals surface area contributed by atoms with E-state index in [1.54, 1.807) is 56.3 Å². The van der Waals surface area contributed by atoms with Crippen LogP contribution < -0.4 is 29.1 Å². The highest BCUT2D eigenvalue weighted by molar-refractivity contribution is 7.07. The standard InChI is InChI=1S/C34H33FN2O6S/c1-6-41-33(39)30-21(4)36-34-37(31(30)23-12-14-25(15-13-23)43-20(2)3)32(38)29(44-34)18-22-11-16-27(28(17-22)40-5)42-19-24-9-7-8-10-26(24)35/h7-18,20,31H,6,19H2,1-5H3/b29-18-/t31-/m1/s1. The maximum absolute atomic E-state index is 14.1. The molecule has 0 aliphatic carbocycles. The minimum atomic E-state index is -0.732. The third-order valence-electron chi connectivity index (χ3n) is 6.91. The van der Waals surface area contributed by atoms with Crippen molar-refractivity contribution in [1.29, 1.82) is 0 Å². The monoisotopic (exact) mass is 616 g/mol. The predicted molar refractivity (Wildman–Crippen MR) is 166 cm³/mol. The first-order valence-corrected chi connectivity index (χ1v) is 15.0. The fourth-order valence-corrected chi connectivity index (χ4v) is 5.97. The number of halogens is 1. The second kappa shape index (κ2) is 13.3. The number of aromatic nitrogens is 1. The van der Waals surface area contributed by atoms with E-state index in [9.17, 15) is 14.0 Å². The Kier molecular flexibility index (Phi) is 9.29. The van der Waals surface area contributed by atoms with Gasteiger partial charge in [0, 0.05) is 5.56 Å². The number of hydrogen-bond donors (Lipinski definition) is 0. The van der Waals surface area contributed by atoms with Gasteiger partial charge >= 0.3 is 5.97 Å². The number of rotatable bonds is 10. The highest BCUT2D eigenvalue weighted by Crippen LogP contribution is 2.32. The number of thiazole rings is 1. The summed E-state index contributed by atoms with van der Waals surface area (Å²) in [6.07, 6.45) is 1.74. The van der Waals surface area contributed by atoms with Crippen LogP contribution in [0.5, 0.6) is 17.2 Å². The Bertz CT molecular complexity index is 1890. The quantitative estimate of drug-likeness (QED) is 0.225. The van der Waals surface area contributed by atoms with E-state index in [1.807, 2.05) is 38.1 Å². The fraction of sp³-hybridized carbons (Fsp3) is 0.265. The van der Waals surface area contributed by atoms with Gasteiger partial charge in [0.1, 0.15) is 18.2 Å². The smallest absolute Gasteiger partial charge is 0.338 e. The lowest BCUT2D eigenvalue weighted by Crippen LogP contribution is -2.39. The van der Waals surface area contributed by atoms with Crippen molar-refractivity contribution < 1.29 is 28.1 Å². The van der Waals surface area contributed by atoms with Gasteiger partial charge in [-0.1, -0.05) is 47.7 Å². The topological polar surface area (TPSA) is 88.4 Å². The summed E-state index contributed by atoms with van der Waals surface area (Å²) in [6, 6.07) is 18.3. The van der Waals surface area contributed by atoms with Crippen molar-refractivity contribution in [1.82, 2.24) is 4.57 Å². The first kappa shape index (κ1) is 30.7. The van der Waals surface area contributed by atoms with Gasteiger partial charge in [-0.05, 0) is 75.2 Å². The molecule has 3 aromatic carbocycles. The Morgan fingerprint density at radius 2 is 1.84 bits per heavy atom. The molecule has 2 heterocycles. The summed E-state index contributed by atoms with van der Waals surface area (Å²) in [5, 5.41) is 0. The molecule has 1 aromatic heterocycles. The van der Waals surface area contributed by atoms with Gasteiger partial charge in [0.15, 0.2) is 16.3 Å². The van der Waals surface area contributed by atoms with Crippen molar-refractivity contribution in [3.8, 4) is 17.2 Å². The summed E-state index contributed by atoms with van der Waals surface area (Å²) in [5.74, 6) is 0.688. The van der Waals surface area contributed by atoms with Crippen molar-refractivity contribution >= 4 is 23.4 Å². The average molecular weight is 617 g/mol. The van der Waals surface area contributed by atoms with E-state index in [0.29, 0.717) is 49.0 Å². The van der Waals surface area contributed by atoms with Crippen molar-refractivity contribution in [3.05, 3.63) is 120 Å². The van der Waals surface area contributed by atoms with E-state index in [-0.39, 0.29) is 30.7 Å². The Hall–Kier alpha value is -4.70. The summed E-state index contributed by atoms with van der Waals surface area (Å²) in [4.78, 5) is 32.2. The van der Waals surface area contributed by atoms with E-state index in [1.165, 1.54) is 29.1 Å². The van der Waals surface area contributed by atoms with E-state index < -0.39 is 12.0 Å². The maximum atomic E-state index is 14.1. The molecule has 8 nitrogen and oxygen atoms in total. The number of hydrogen-bond acceptors (Lipinski definition) is 8. The second-order valence-corrected chi connectivity index (χ2v) is 11.3. The number of carbonyl (C=O) groups is 1. The Morgan fingerprint density at radius 3 is 2.52 bits per heavy atom. The first-order valence-electron chi connectivity index (χ1n) is 14.2. The van der Waals surface area contributed by atoms with Crippen LogP contribution in [0.3, 0.4) is 0 Å². The molecular weight excluding hydrogens is 583 g/mol. The SMILES string of the molecule is CCOC(=O)C1=C(C)N=c2s/c(=C\c3ccc(OCc4ccccc4F)c(OC)c3)c(=O)n2[C@@H]1c1ccc(OC(C)C)cc1. The van der Waals surface area contributed by atoms with Gasteiger partial charge in [-0.3, -0.25) is 9.36 Å². The van der Waals surface area contributed by atoms with Crippen molar-refractivity contribution in [2.45, 2.75) is 46.4 Å². The number of fused-ring (bicyclic) bond motifs is 1. The van der Waals surface area contributed by atoms with Crippen LogP contribution in [0.4, 0.5) is 4.39 Å². The van der Waals surface area contributed by atoms with Gasteiger partial charge in [0.25, 0.3) is 5.56 Å². The van der Waals surface area contributed by atoms with Crippen LogP contribution in [0.25, 0.3) is 6.08 Å². The molecule has 44 heavy (non-hydrogen) atoms. The summed E-state index contributed by atoms with van der Waals surface area (Å²) >= 11 is 1.23. The second-order valence-electron chi connectivity index (χ2n) is 10.3. The molecule has 1 atom stereocenters. The van der Waals surface area contributed by atoms with Crippen molar-refractivity contribution in [2.24, 2.45) is 4.99 Å². The van der Waals surface area contributed by atoms with Gasteiger partial charge in [-0.25, -0.2) is 14.2 Å². The Labute approximate surface area is 258 Å². The molecule has 0 spiro atoms. The number of esters is 1. The maximum Gasteiger partial charge on any atom is 0.338 e. The summed E-state index contributed by atoms with van der Waals surface area (Å²) in [7, 11) is 1.51. The minimum Gasteiger partial charge on any atom is -0.493 e. The van der Waals surface area contributed by atoms with Crippen LogP contribution >= 0.6 is 11.3 Å². The number of methoxy groups -OCH3 is 1. The number of ether oxygens (including phenoxy) is 4. The molecule has 10 heteroatoms. The Morgan fingerprint density at radius 1 is 1.09 bits per heavy atom. The molecule has 0 radical (unpaired) electrons. The van der Waals surface area contributed by atoms with Gasteiger partial charge in [-0.15, -0.1) is 0 Å². The van der Waals surface area contributed by atoms with Gasteiger partial charge < -0.3 is 18.9 Å². The molecule has 0 amide bonds. The zero-order chi connectivity index (χ0) is 31.4. The molecule has 228 valence electrons. The highest BCUT2D eigenvalue weighted by atomic mass is 32.1. The number of allylic oxidation sites excluding steroid dienone is 1. The molecule has 0 unspecified atom stereocenters. The molecular formula is C34H33FN2O6S. The molecule has 1 aliphatic heterocycles. The number of benzene rings is 3. The molecule has 0 bridgehead atoms. The zero-order valence-corrected chi connectivity index (χ0v) is 25.9. The zero-order valence-electron chi connectivity index (χ0n) is 25.1. The fourth-order valence-electron chi connectivity index (χ4n) is 4.92. The molecule has 5 rings (SSSR count). The largest absolute Gasteiger partial charge is 0.493 e. The van der Waals surface area contributed by atoms with E-state index in [0.717, 1.165) is 5.56 Å². The van der Waals surface area contributed by atoms with Crippen molar-refractivity contribution in [3.63, 3.8) is 0 Å². The summed E-state index contributed by atoms with van der Waals surface area (Å²) in [6.45, 7) is 7.60. The van der Waals surface area contributed by atoms with Gasteiger partial charge in [-0.2, -0.15) is 0 Å². The molecule has 4 aromatic rings. The Balaban J connectivity index is 1.54. The summed E-state index contributed by atoms with van der Waals surface area (Å²) < 4.78 is 38.6. The highest BCUT2D eigenvalue weighted by Gasteiger charge is 2.33. The van der Waals surface area contributed by atoms with Crippen molar-refractivity contribution in [2.75, 3.05) is 13.7 Å². The lowest BCUT2D eigenvalue weighted by molar-refractivity contribution is -0.139. The molecule has 0 fully saturated rings. The van der Waals surface area contributed by atoms with E-state index in [2.05, 4.69) is 4.99 Å². The third-order valence-corrected chi connectivity index (χ3v) is 7.89. The van der Waals surface area contributed by atoms with E-state index in [4.69, 9.17) is 18.9 Å². The first-order chi connectivity index (χ1) is 21.2. The van der Waals surface area contributed by atoms with Gasteiger partial charge in [0.05, 0.1) is 41.7 Å². The van der Waals surface area contributed by atoms with Crippen LogP contribution in [0.1, 0.15) is 50.4 Å². The van der Waals surface area contributed by atoms with Crippen LogP contribution in [0.2, 0.25) is 0 Å². The molecule has 0 N–H and O–H groups in total. The number of nitrogens with zero attached hydrogens (tertiary/aromatic N) is 2. The number of carbonyl (C=O) groups excluding carboxylic acids is 1. The molecule has 0 saturated carbocycles. The summed E-state index contributed by atoms with van der Waals surface area (Å²) in [5.41, 5.74) is 2.34. The third kappa shape index (κ3) is 6.45. The van der Waals surface area contributed by atoms with E-state index >= 15 is 0 Å². The van der Waals surface area contributed by atoms with Gasteiger partial charge in [0.2, 0.25) is 0 Å². The average Bonchev–Trinajstić information content (AvgIpc) is 3.30. The molecule has 0 saturated heterocycles. The lowest BCUT2D eigenvalue weighted by atomic mass is 9.96. The molecule has 1 aliphatic rings. The predicted octanol–water partition coefficient (Wildman–Crippen LogP) is 5.31. The normalized spacial score (nSPS) is 14.7. The van der Waals surface area contributed by atoms with Crippen LogP contribution in [-0.4, -0.2) is 30.4 Å². The lowest BCUT2D eigenvalue weighted by Gasteiger charge is -2.25. The van der Waals surface area contributed by atoms with Crippen LogP contribution in [0, 0.1) is 5.82 Å². The van der Waals surface area contributed by atoms with Crippen LogP contribution in [-0.2, 0) is 16.1 Å². The van der Waals surface area contributed by atoms with Crippen LogP contribution in [0.15, 0.2) is 87.8 Å².